The van der Waals surface area contributed by atoms with Gasteiger partial charge in [0.05, 0.1) is 6.54 Å². The third-order valence-corrected chi connectivity index (χ3v) is 3.11. The summed E-state index contributed by atoms with van der Waals surface area (Å²) in [6.07, 6.45) is 1.73. The Hall–Kier alpha value is -1.42. The van der Waals surface area contributed by atoms with E-state index in [2.05, 4.69) is 12.2 Å². The van der Waals surface area contributed by atoms with Crippen LogP contribution in [0.4, 0.5) is 8.78 Å². The lowest BCUT2D eigenvalue weighted by molar-refractivity contribution is 0.456. The van der Waals surface area contributed by atoms with Crippen LogP contribution in [0.2, 0.25) is 0 Å². The maximum absolute atomic E-state index is 13.7. The first kappa shape index (κ1) is 14.0. The Labute approximate surface area is 111 Å². The topological polar surface area (TPSA) is 25.2 Å². The van der Waals surface area contributed by atoms with E-state index in [1.807, 2.05) is 13.8 Å². The van der Waals surface area contributed by atoms with E-state index in [0.717, 1.165) is 24.5 Å². The van der Waals surface area contributed by atoms with Gasteiger partial charge in [0.15, 0.2) is 11.4 Å². The molecule has 0 bridgehead atoms. The van der Waals surface area contributed by atoms with Gasteiger partial charge in [-0.3, -0.25) is 0 Å². The molecule has 0 saturated heterocycles. The highest BCUT2D eigenvalue weighted by Gasteiger charge is 2.18. The first-order chi connectivity index (χ1) is 9.04. The molecule has 0 spiro atoms. The van der Waals surface area contributed by atoms with E-state index >= 15 is 0 Å². The van der Waals surface area contributed by atoms with E-state index in [9.17, 15) is 8.78 Å². The van der Waals surface area contributed by atoms with Crippen molar-refractivity contribution in [2.75, 3.05) is 0 Å². The summed E-state index contributed by atoms with van der Waals surface area (Å²) in [7, 11) is 0. The van der Waals surface area contributed by atoms with Crippen LogP contribution in [-0.4, -0.2) is 6.04 Å². The molecule has 0 amide bonds. The number of aryl methyl sites for hydroxylation is 1. The summed E-state index contributed by atoms with van der Waals surface area (Å²) in [4.78, 5) is 0. The number of hydrogen-bond donors (Lipinski definition) is 1. The van der Waals surface area contributed by atoms with Crippen molar-refractivity contribution in [2.45, 2.75) is 46.2 Å². The normalized spacial score (nSPS) is 11.7. The molecule has 4 heteroatoms. The molecule has 2 nitrogen and oxygen atoms in total. The molecule has 0 aliphatic heterocycles. The lowest BCUT2D eigenvalue weighted by Gasteiger charge is -2.07. The van der Waals surface area contributed by atoms with Gasteiger partial charge in [0.2, 0.25) is 5.82 Å². The second-order valence-corrected chi connectivity index (χ2v) is 5.03. The zero-order valence-electron chi connectivity index (χ0n) is 11.5. The van der Waals surface area contributed by atoms with Crippen LogP contribution in [0.3, 0.4) is 0 Å². The van der Waals surface area contributed by atoms with Crippen LogP contribution in [0, 0.1) is 11.6 Å². The fraction of sp³-hybridized carbons (Fsp3) is 0.467. The van der Waals surface area contributed by atoms with Crippen LogP contribution in [0.1, 0.15) is 38.5 Å². The third kappa shape index (κ3) is 2.78. The number of rotatable bonds is 5. The fourth-order valence-corrected chi connectivity index (χ4v) is 2.17. The van der Waals surface area contributed by atoms with E-state index in [4.69, 9.17) is 4.42 Å². The van der Waals surface area contributed by atoms with Crippen molar-refractivity contribution in [3.05, 3.63) is 35.1 Å². The number of nitrogens with one attached hydrogen (secondary N) is 1. The van der Waals surface area contributed by atoms with Crippen molar-refractivity contribution >= 4 is 11.0 Å². The molecule has 1 aromatic carbocycles. The summed E-state index contributed by atoms with van der Waals surface area (Å²) in [6, 6.07) is 3.07. The van der Waals surface area contributed by atoms with Gasteiger partial charge in [-0.1, -0.05) is 27.2 Å². The minimum atomic E-state index is -0.898. The van der Waals surface area contributed by atoms with Crippen LogP contribution in [0.15, 0.2) is 16.5 Å². The van der Waals surface area contributed by atoms with Gasteiger partial charge >= 0.3 is 0 Å². The van der Waals surface area contributed by atoms with Crippen LogP contribution in [0.25, 0.3) is 11.0 Å². The van der Waals surface area contributed by atoms with Gasteiger partial charge in [-0.2, -0.15) is 4.39 Å². The quantitative estimate of drug-likeness (QED) is 0.880. The highest BCUT2D eigenvalue weighted by Crippen LogP contribution is 2.30. The van der Waals surface area contributed by atoms with Crippen molar-refractivity contribution in [2.24, 2.45) is 0 Å². The van der Waals surface area contributed by atoms with E-state index in [1.54, 1.807) is 6.07 Å². The summed E-state index contributed by atoms with van der Waals surface area (Å²) in [6.45, 7) is 6.64. The molecule has 19 heavy (non-hydrogen) atoms. The molecule has 0 unspecified atom stereocenters. The predicted octanol–water partition coefficient (Wildman–Crippen LogP) is 4.16. The Kier molecular flexibility index (Phi) is 4.20. The summed E-state index contributed by atoms with van der Waals surface area (Å²) < 4.78 is 32.5. The molecule has 104 valence electrons. The van der Waals surface area contributed by atoms with Crippen molar-refractivity contribution in [3.8, 4) is 0 Å². The Morgan fingerprint density at radius 3 is 2.63 bits per heavy atom. The van der Waals surface area contributed by atoms with E-state index in [-0.39, 0.29) is 5.58 Å². The lowest BCUT2D eigenvalue weighted by Crippen LogP contribution is -2.22. The summed E-state index contributed by atoms with van der Waals surface area (Å²) >= 11 is 0. The maximum Gasteiger partial charge on any atom is 0.201 e. The number of halogens is 2. The van der Waals surface area contributed by atoms with Gasteiger partial charge in [0.25, 0.3) is 0 Å². The average molecular weight is 267 g/mol. The molecule has 1 aromatic heterocycles. The minimum Gasteiger partial charge on any atom is -0.456 e. The summed E-state index contributed by atoms with van der Waals surface area (Å²) in [5.74, 6) is -1.06. The van der Waals surface area contributed by atoms with Gasteiger partial charge in [-0.05, 0) is 18.6 Å². The molecular formula is C15H19F2NO. The van der Waals surface area contributed by atoms with Gasteiger partial charge in [-0.25, -0.2) is 4.39 Å². The van der Waals surface area contributed by atoms with E-state index in [0.29, 0.717) is 23.7 Å². The van der Waals surface area contributed by atoms with Crippen molar-refractivity contribution < 1.29 is 13.2 Å². The fourth-order valence-electron chi connectivity index (χ4n) is 2.17. The molecule has 0 atom stereocenters. The first-order valence-corrected chi connectivity index (χ1v) is 6.66. The van der Waals surface area contributed by atoms with Gasteiger partial charge < -0.3 is 9.73 Å². The smallest absolute Gasteiger partial charge is 0.201 e. The predicted molar refractivity (Wildman–Crippen MR) is 72.1 cm³/mol. The highest BCUT2D eigenvalue weighted by molar-refractivity contribution is 5.83. The molecule has 0 aliphatic rings. The molecule has 2 aromatic rings. The molecule has 0 saturated carbocycles. The number of fused-ring (bicyclic) bond motifs is 1. The number of hydrogen-bond acceptors (Lipinski definition) is 2. The van der Waals surface area contributed by atoms with Crippen molar-refractivity contribution in [3.63, 3.8) is 0 Å². The molecule has 0 radical (unpaired) electrons. The zero-order chi connectivity index (χ0) is 14.0. The largest absolute Gasteiger partial charge is 0.456 e. The van der Waals surface area contributed by atoms with E-state index in [1.165, 1.54) is 0 Å². The number of furan rings is 1. The third-order valence-electron chi connectivity index (χ3n) is 3.11. The zero-order valence-corrected chi connectivity index (χ0v) is 11.5. The summed E-state index contributed by atoms with van der Waals surface area (Å²) in [5.41, 5.74) is 1.01. The molecule has 0 fully saturated rings. The SMILES string of the molecule is CCCc1c(CNC(C)C)oc2c(F)c(F)ccc12. The Bertz CT molecular complexity index is 575. The van der Waals surface area contributed by atoms with Gasteiger partial charge in [0, 0.05) is 17.0 Å². The second kappa shape index (κ2) is 5.70. The van der Waals surface area contributed by atoms with Crippen molar-refractivity contribution in [1.82, 2.24) is 5.32 Å². The first-order valence-electron chi connectivity index (χ1n) is 6.66. The molecule has 2 rings (SSSR count). The monoisotopic (exact) mass is 267 g/mol. The Morgan fingerprint density at radius 2 is 2.00 bits per heavy atom. The van der Waals surface area contributed by atoms with Crippen LogP contribution >= 0.6 is 0 Å². The second-order valence-electron chi connectivity index (χ2n) is 5.03. The van der Waals surface area contributed by atoms with Gasteiger partial charge in [-0.15, -0.1) is 0 Å². The Balaban J connectivity index is 2.49. The highest BCUT2D eigenvalue weighted by atomic mass is 19.2. The van der Waals surface area contributed by atoms with Crippen LogP contribution in [-0.2, 0) is 13.0 Å². The van der Waals surface area contributed by atoms with Gasteiger partial charge in [0.1, 0.15) is 5.76 Å². The van der Waals surface area contributed by atoms with Crippen LogP contribution in [0.5, 0.6) is 0 Å². The minimum absolute atomic E-state index is 0.0315. The van der Waals surface area contributed by atoms with Crippen LogP contribution < -0.4 is 5.32 Å². The number of benzene rings is 1. The standard InChI is InChI=1S/C15H19F2NO/c1-4-5-10-11-6-7-12(16)14(17)15(11)19-13(10)8-18-9(2)3/h6-7,9,18H,4-5,8H2,1-3H3. The average Bonchev–Trinajstić information content (AvgIpc) is 2.71. The molecule has 0 aliphatic carbocycles. The molecular weight excluding hydrogens is 248 g/mol. The Morgan fingerprint density at radius 1 is 1.26 bits per heavy atom. The van der Waals surface area contributed by atoms with Crippen molar-refractivity contribution in [1.29, 1.82) is 0 Å². The summed E-state index contributed by atoms with van der Waals surface area (Å²) in [5, 5.41) is 3.93. The lowest BCUT2D eigenvalue weighted by atomic mass is 10.1. The molecule has 1 N–H and O–H groups in total. The van der Waals surface area contributed by atoms with E-state index < -0.39 is 11.6 Å². The molecule has 1 heterocycles. The maximum atomic E-state index is 13.7.